The summed E-state index contributed by atoms with van der Waals surface area (Å²) >= 11 is 0. The second kappa shape index (κ2) is 8.09. The fourth-order valence-electron chi connectivity index (χ4n) is 2.05. The van der Waals surface area contributed by atoms with Crippen LogP contribution in [0.3, 0.4) is 0 Å². The minimum atomic E-state index is -2.82. The van der Waals surface area contributed by atoms with Crippen LogP contribution in [0.2, 0.25) is 0 Å². The van der Waals surface area contributed by atoms with Gasteiger partial charge >= 0.3 is 6.61 Å². The molecule has 1 atom stereocenters. The smallest absolute Gasteiger partial charge is 0.387 e. The van der Waals surface area contributed by atoms with E-state index in [0.717, 1.165) is 5.69 Å². The van der Waals surface area contributed by atoms with Crippen molar-refractivity contribution in [2.45, 2.75) is 6.61 Å². The molecular formula is C14H19F2N3O2S. The zero-order chi connectivity index (χ0) is 15.9. The van der Waals surface area contributed by atoms with Crippen molar-refractivity contribution < 1.29 is 17.7 Å². The third-order valence-corrected chi connectivity index (χ3v) is 4.47. The van der Waals surface area contributed by atoms with Gasteiger partial charge in [0.1, 0.15) is 5.75 Å². The van der Waals surface area contributed by atoms with Crippen molar-refractivity contribution in [2.24, 2.45) is 5.73 Å². The lowest BCUT2D eigenvalue weighted by molar-refractivity contribution is -0.0498. The lowest BCUT2D eigenvalue weighted by Gasteiger charge is -2.21. The van der Waals surface area contributed by atoms with Gasteiger partial charge in [0.05, 0.1) is 6.67 Å². The predicted octanol–water partition coefficient (Wildman–Crippen LogP) is 1.55. The van der Waals surface area contributed by atoms with E-state index in [0.29, 0.717) is 31.3 Å². The van der Waals surface area contributed by atoms with E-state index in [2.05, 4.69) is 4.74 Å². The van der Waals surface area contributed by atoms with Gasteiger partial charge in [-0.15, -0.1) is 0 Å². The minimum absolute atomic E-state index is 0.135. The predicted molar refractivity (Wildman–Crippen MR) is 83.2 cm³/mol. The Morgan fingerprint density at radius 3 is 2.59 bits per heavy atom. The molecule has 2 N–H and O–H groups in total. The summed E-state index contributed by atoms with van der Waals surface area (Å²) in [5, 5.41) is 0. The van der Waals surface area contributed by atoms with Gasteiger partial charge in [0, 0.05) is 53.5 Å². The average Bonchev–Trinajstić information content (AvgIpc) is 2.94. The van der Waals surface area contributed by atoms with Crippen LogP contribution in [0.25, 0.3) is 0 Å². The number of hydrogen-bond donors (Lipinski definition) is 1. The first kappa shape index (κ1) is 16.7. The Labute approximate surface area is 130 Å². The second-order valence-corrected chi connectivity index (χ2v) is 6.43. The Kier molecular flexibility index (Phi) is 6.14. The first-order valence-electron chi connectivity index (χ1n) is 6.87. The maximum absolute atomic E-state index is 12.1. The summed E-state index contributed by atoms with van der Waals surface area (Å²) in [6.45, 7) is -1.06. The number of benzene rings is 1. The zero-order valence-electron chi connectivity index (χ0n) is 12.0. The molecule has 0 spiro atoms. The minimum Gasteiger partial charge on any atom is -0.435 e. The third kappa shape index (κ3) is 4.96. The molecule has 1 aromatic rings. The summed E-state index contributed by atoms with van der Waals surface area (Å²) in [7, 11) is -0.887. The van der Waals surface area contributed by atoms with Gasteiger partial charge in [-0.25, -0.2) is 0 Å². The van der Waals surface area contributed by atoms with Crippen LogP contribution in [-0.4, -0.2) is 47.0 Å². The molecule has 5 nitrogen and oxygen atoms in total. The highest BCUT2D eigenvalue weighted by molar-refractivity contribution is 7.85. The topological polar surface area (TPSA) is 58.8 Å². The van der Waals surface area contributed by atoms with Crippen molar-refractivity contribution in [3.8, 4) is 5.75 Å². The van der Waals surface area contributed by atoms with E-state index in [4.69, 9.17) is 5.73 Å². The maximum atomic E-state index is 12.1. The molecule has 0 amide bonds. The summed E-state index contributed by atoms with van der Waals surface area (Å²) < 4.78 is 40.1. The first-order chi connectivity index (χ1) is 10.6. The van der Waals surface area contributed by atoms with Crippen LogP contribution in [-0.2, 0) is 10.8 Å². The van der Waals surface area contributed by atoms with Crippen molar-refractivity contribution >= 4 is 16.5 Å². The van der Waals surface area contributed by atoms with Crippen molar-refractivity contribution in [3.63, 3.8) is 0 Å². The van der Waals surface area contributed by atoms with Gasteiger partial charge in [-0.2, -0.15) is 8.78 Å². The molecule has 1 aromatic carbocycles. The Morgan fingerprint density at radius 1 is 1.23 bits per heavy atom. The molecule has 0 bridgehead atoms. The second-order valence-electron chi connectivity index (χ2n) is 4.73. The largest absolute Gasteiger partial charge is 0.435 e. The first-order valence-corrected chi connectivity index (χ1v) is 8.36. The molecule has 0 aliphatic carbocycles. The van der Waals surface area contributed by atoms with Gasteiger partial charge in [-0.3, -0.25) is 4.21 Å². The monoisotopic (exact) mass is 331 g/mol. The molecular weight excluding hydrogens is 312 g/mol. The molecule has 0 aromatic heterocycles. The van der Waals surface area contributed by atoms with E-state index >= 15 is 0 Å². The fraction of sp³-hybridized carbons (Fsp3) is 0.429. The lowest BCUT2D eigenvalue weighted by atomic mass is 10.3. The van der Waals surface area contributed by atoms with Crippen LogP contribution in [0.4, 0.5) is 14.5 Å². The van der Waals surface area contributed by atoms with Gasteiger partial charge in [-0.05, 0) is 24.3 Å². The Morgan fingerprint density at radius 2 is 1.95 bits per heavy atom. The summed E-state index contributed by atoms with van der Waals surface area (Å²) in [5.74, 6) is 1.24. The van der Waals surface area contributed by atoms with E-state index in [1.165, 1.54) is 12.1 Å². The van der Waals surface area contributed by atoms with Gasteiger partial charge in [0.2, 0.25) is 0 Å². The third-order valence-electron chi connectivity index (χ3n) is 3.14. The number of anilines is 1. The molecule has 0 saturated carbocycles. The number of ether oxygens (including phenoxy) is 1. The van der Waals surface area contributed by atoms with Crippen LogP contribution >= 0.6 is 0 Å². The standard InChI is InChI=1S/C14H19F2N3O2S/c15-14(16)21-13-3-1-12(2-4-13)19-7-6-18(11-19)8-10-22(20)9-5-17/h1-4,6-7,14H,5,8-11,17H2. The summed E-state index contributed by atoms with van der Waals surface area (Å²) in [6.07, 6.45) is 3.82. The van der Waals surface area contributed by atoms with Gasteiger partial charge in [0.15, 0.2) is 0 Å². The Bertz CT molecular complexity index is 525. The van der Waals surface area contributed by atoms with Gasteiger partial charge < -0.3 is 20.3 Å². The number of rotatable bonds is 8. The van der Waals surface area contributed by atoms with E-state index in [1.807, 2.05) is 22.2 Å². The van der Waals surface area contributed by atoms with Crippen molar-refractivity contribution in [2.75, 3.05) is 36.2 Å². The molecule has 2 rings (SSSR count). The van der Waals surface area contributed by atoms with Gasteiger partial charge in [-0.1, -0.05) is 0 Å². The average molecular weight is 331 g/mol. The van der Waals surface area contributed by atoms with Crippen LogP contribution in [0.15, 0.2) is 36.7 Å². The number of nitrogens with two attached hydrogens (primary N) is 1. The van der Waals surface area contributed by atoms with E-state index in [-0.39, 0.29) is 5.75 Å². The number of nitrogens with zero attached hydrogens (tertiary/aromatic N) is 2. The quantitative estimate of drug-likeness (QED) is 0.783. The Hall–Kier alpha value is -1.67. The molecule has 0 saturated heterocycles. The van der Waals surface area contributed by atoms with E-state index in [9.17, 15) is 13.0 Å². The molecule has 122 valence electrons. The highest BCUT2D eigenvalue weighted by Crippen LogP contribution is 2.23. The molecule has 1 aliphatic heterocycles. The summed E-state index contributed by atoms with van der Waals surface area (Å²) in [5.41, 5.74) is 6.25. The van der Waals surface area contributed by atoms with Crippen LogP contribution < -0.4 is 15.4 Å². The van der Waals surface area contributed by atoms with Crippen LogP contribution in [0.1, 0.15) is 0 Å². The number of halogens is 2. The zero-order valence-corrected chi connectivity index (χ0v) is 12.8. The van der Waals surface area contributed by atoms with Crippen molar-refractivity contribution in [1.29, 1.82) is 0 Å². The molecule has 8 heteroatoms. The molecule has 1 unspecified atom stereocenters. The van der Waals surface area contributed by atoms with Gasteiger partial charge in [0.25, 0.3) is 0 Å². The maximum Gasteiger partial charge on any atom is 0.387 e. The van der Waals surface area contributed by atoms with Crippen LogP contribution in [0.5, 0.6) is 5.75 Å². The SMILES string of the molecule is NCCS(=O)CCN1C=CN(c2ccc(OC(F)F)cc2)C1. The molecule has 0 fully saturated rings. The lowest BCUT2D eigenvalue weighted by Crippen LogP contribution is -2.29. The molecule has 22 heavy (non-hydrogen) atoms. The molecule has 1 heterocycles. The van der Waals surface area contributed by atoms with Crippen molar-refractivity contribution in [3.05, 3.63) is 36.7 Å². The highest BCUT2D eigenvalue weighted by Gasteiger charge is 2.14. The van der Waals surface area contributed by atoms with Crippen molar-refractivity contribution in [1.82, 2.24) is 4.90 Å². The summed E-state index contributed by atoms with van der Waals surface area (Å²) in [6, 6.07) is 6.46. The molecule has 1 aliphatic rings. The Balaban J connectivity index is 1.83. The van der Waals surface area contributed by atoms with E-state index in [1.54, 1.807) is 12.1 Å². The van der Waals surface area contributed by atoms with Crippen LogP contribution in [0, 0.1) is 0 Å². The molecule has 0 radical (unpaired) electrons. The summed E-state index contributed by atoms with van der Waals surface area (Å²) in [4.78, 5) is 4.01. The van der Waals surface area contributed by atoms with E-state index < -0.39 is 17.4 Å². The number of alkyl halides is 2. The number of hydrogen-bond acceptors (Lipinski definition) is 5. The normalized spacial score (nSPS) is 15.6. The fourth-order valence-corrected chi connectivity index (χ4v) is 2.95. The highest BCUT2D eigenvalue weighted by atomic mass is 32.2.